The van der Waals surface area contributed by atoms with Gasteiger partial charge in [0.1, 0.15) is 4.88 Å². The zero-order chi connectivity index (χ0) is 18.4. The second-order valence-corrected chi connectivity index (χ2v) is 7.98. The number of carbonyl (C=O) groups excluding carboxylic acids is 2. The van der Waals surface area contributed by atoms with E-state index < -0.39 is 12.1 Å². The molecule has 1 heterocycles. The lowest BCUT2D eigenvalue weighted by molar-refractivity contribution is -0.123. The van der Waals surface area contributed by atoms with Crippen molar-refractivity contribution in [2.24, 2.45) is 11.8 Å². The molecule has 1 fully saturated rings. The van der Waals surface area contributed by atoms with Crippen LogP contribution >= 0.6 is 11.3 Å². The summed E-state index contributed by atoms with van der Waals surface area (Å²) in [5, 5.41) is 11.3. The Morgan fingerprint density at radius 3 is 2.64 bits per heavy atom. The minimum atomic E-state index is -0.407. The van der Waals surface area contributed by atoms with Gasteiger partial charge in [-0.25, -0.2) is 4.79 Å². The van der Waals surface area contributed by atoms with Crippen LogP contribution in [0.1, 0.15) is 62.0 Å². The first-order valence-corrected chi connectivity index (χ1v) is 9.97. The molecule has 0 radical (unpaired) electrons. The molecule has 0 aromatic carbocycles. The fourth-order valence-corrected chi connectivity index (χ4v) is 4.19. The van der Waals surface area contributed by atoms with E-state index in [1.54, 1.807) is 11.8 Å². The Kier molecular flexibility index (Phi) is 7.44. The Labute approximate surface area is 154 Å². The first kappa shape index (κ1) is 19.9. The van der Waals surface area contributed by atoms with Crippen LogP contribution in [0.4, 0.5) is 5.69 Å². The summed E-state index contributed by atoms with van der Waals surface area (Å²) in [6.45, 7) is 4.49. The van der Waals surface area contributed by atoms with Gasteiger partial charge in [-0.2, -0.15) is 0 Å². The Hall–Kier alpha value is -1.40. The van der Waals surface area contributed by atoms with Crippen molar-refractivity contribution in [1.29, 1.82) is 0 Å². The van der Waals surface area contributed by atoms with Crippen molar-refractivity contribution in [2.45, 2.75) is 58.5 Å². The van der Waals surface area contributed by atoms with Crippen molar-refractivity contribution in [3.8, 4) is 0 Å². The molecule has 1 amide bonds. The largest absolute Gasteiger partial charge is 0.465 e. The minimum Gasteiger partial charge on any atom is -0.465 e. The first-order chi connectivity index (χ1) is 11.9. The smallest absolute Gasteiger partial charge is 0.350 e. The number of methoxy groups -OCH3 is 1. The number of anilines is 1. The van der Waals surface area contributed by atoms with Gasteiger partial charge in [0.2, 0.25) is 5.91 Å². The molecule has 0 spiro atoms. The first-order valence-electron chi connectivity index (χ1n) is 9.09. The van der Waals surface area contributed by atoms with Crippen molar-refractivity contribution in [3.63, 3.8) is 0 Å². The molecule has 0 aliphatic heterocycles. The zero-order valence-corrected chi connectivity index (χ0v) is 16.2. The van der Waals surface area contributed by atoms with Crippen LogP contribution in [0.25, 0.3) is 0 Å². The second kappa shape index (κ2) is 9.34. The Morgan fingerprint density at radius 2 is 2.04 bits per heavy atom. The van der Waals surface area contributed by atoms with Crippen molar-refractivity contribution >= 4 is 28.9 Å². The summed E-state index contributed by atoms with van der Waals surface area (Å²) in [5.41, 5.74) is 0.645. The summed E-state index contributed by atoms with van der Waals surface area (Å²) in [7, 11) is 1.36. The topological polar surface area (TPSA) is 66.8 Å². The van der Waals surface area contributed by atoms with Crippen LogP contribution in [0.2, 0.25) is 0 Å². The lowest BCUT2D eigenvalue weighted by Crippen LogP contribution is -2.39. The molecule has 1 atom stereocenters. The Balaban J connectivity index is 2.19. The Bertz CT molecular complexity index is 576. The van der Waals surface area contributed by atoms with E-state index in [0.29, 0.717) is 35.9 Å². The summed E-state index contributed by atoms with van der Waals surface area (Å²) >= 11 is 1.30. The molecule has 1 aromatic rings. The maximum Gasteiger partial charge on any atom is 0.350 e. The molecule has 1 N–H and O–H groups in total. The van der Waals surface area contributed by atoms with Gasteiger partial charge in [-0.05, 0) is 62.8 Å². The van der Waals surface area contributed by atoms with Gasteiger partial charge in [0.15, 0.2) is 0 Å². The van der Waals surface area contributed by atoms with E-state index in [4.69, 9.17) is 4.74 Å². The molecule has 140 valence electrons. The van der Waals surface area contributed by atoms with Crippen molar-refractivity contribution in [2.75, 3.05) is 18.6 Å². The molecular weight excluding hydrogens is 338 g/mol. The third-order valence-electron chi connectivity index (χ3n) is 4.94. The number of nitrogens with zero attached hydrogens (tertiary/aromatic N) is 1. The SMILES string of the molecule is COC(=O)c1sccc1N(CCCC(C)O)C(=O)C1CCC(C)CC1. The number of ether oxygens (including phenoxy) is 1. The predicted molar refractivity (Wildman–Crippen MR) is 100 cm³/mol. The highest BCUT2D eigenvalue weighted by atomic mass is 32.1. The van der Waals surface area contributed by atoms with Gasteiger partial charge in [-0.3, -0.25) is 4.79 Å². The van der Waals surface area contributed by atoms with Crippen molar-refractivity contribution < 1.29 is 19.4 Å². The molecule has 0 bridgehead atoms. The highest BCUT2D eigenvalue weighted by molar-refractivity contribution is 7.12. The molecule has 0 saturated heterocycles. The number of hydrogen-bond donors (Lipinski definition) is 1. The van der Waals surface area contributed by atoms with Gasteiger partial charge in [0, 0.05) is 12.5 Å². The van der Waals surface area contributed by atoms with Crippen LogP contribution in [0, 0.1) is 11.8 Å². The van der Waals surface area contributed by atoms with E-state index in [1.807, 2.05) is 11.4 Å². The van der Waals surface area contributed by atoms with E-state index in [2.05, 4.69) is 6.92 Å². The lowest BCUT2D eigenvalue weighted by atomic mass is 9.82. The van der Waals surface area contributed by atoms with E-state index >= 15 is 0 Å². The Morgan fingerprint density at radius 1 is 1.36 bits per heavy atom. The molecule has 2 rings (SSSR count). The highest BCUT2D eigenvalue weighted by Crippen LogP contribution is 2.33. The number of aliphatic hydroxyl groups is 1. The van der Waals surface area contributed by atoms with E-state index in [9.17, 15) is 14.7 Å². The third kappa shape index (κ3) is 5.28. The molecule has 1 saturated carbocycles. The molecule has 1 aliphatic carbocycles. The second-order valence-electron chi connectivity index (χ2n) is 7.06. The average Bonchev–Trinajstić information content (AvgIpc) is 3.07. The molecule has 5 nitrogen and oxygen atoms in total. The number of hydrogen-bond acceptors (Lipinski definition) is 5. The molecule has 1 aromatic heterocycles. The fraction of sp³-hybridized carbons (Fsp3) is 0.684. The summed E-state index contributed by atoms with van der Waals surface area (Å²) in [6, 6.07) is 1.82. The average molecular weight is 368 g/mol. The lowest BCUT2D eigenvalue weighted by Gasteiger charge is -2.31. The maximum atomic E-state index is 13.2. The number of aliphatic hydroxyl groups excluding tert-OH is 1. The van der Waals surface area contributed by atoms with Crippen LogP contribution in [0.15, 0.2) is 11.4 Å². The zero-order valence-electron chi connectivity index (χ0n) is 15.4. The normalized spacial score (nSPS) is 21.6. The monoisotopic (exact) mass is 367 g/mol. The summed E-state index contributed by atoms with van der Waals surface area (Å²) in [4.78, 5) is 27.4. The third-order valence-corrected chi connectivity index (χ3v) is 5.82. The number of carbonyl (C=O) groups is 2. The van der Waals surface area contributed by atoms with E-state index in [1.165, 1.54) is 18.4 Å². The molecule has 25 heavy (non-hydrogen) atoms. The van der Waals surface area contributed by atoms with Crippen LogP contribution in [-0.4, -0.2) is 36.7 Å². The van der Waals surface area contributed by atoms with Gasteiger partial charge >= 0.3 is 5.97 Å². The predicted octanol–water partition coefficient (Wildman–Crippen LogP) is 3.86. The number of rotatable bonds is 7. The van der Waals surface area contributed by atoms with Crippen molar-refractivity contribution in [3.05, 3.63) is 16.3 Å². The van der Waals surface area contributed by atoms with Crippen LogP contribution in [-0.2, 0) is 9.53 Å². The summed E-state index contributed by atoms with van der Waals surface area (Å²) < 4.78 is 4.86. The number of esters is 1. The minimum absolute atomic E-state index is 0.0214. The van der Waals surface area contributed by atoms with Gasteiger partial charge in [-0.15, -0.1) is 11.3 Å². The number of thiophene rings is 1. The molecule has 1 aliphatic rings. The quantitative estimate of drug-likeness (QED) is 0.743. The van der Waals surface area contributed by atoms with E-state index in [-0.39, 0.29) is 11.8 Å². The molecule has 1 unspecified atom stereocenters. The maximum absolute atomic E-state index is 13.2. The molecule has 6 heteroatoms. The standard InChI is InChI=1S/C19H29NO4S/c1-13-6-8-15(9-7-13)18(22)20(11-4-5-14(2)21)16-10-12-25-17(16)19(23)24-3/h10,12-15,21H,4-9,11H2,1-3H3. The van der Waals surface area contributed by atoms with Gasteiger partial charge in [0.05, 0.1) is 18.9 Å². The van der Waals surface area contributed by atoms with Gasteiger partial charge < -0.3 is 14.7 Å². The summed E-state index contributed by atoms with van der Waals surface area (Å²) in [6.07, 6.45) is 4.90. The van der Waals surface area contributed by atoms with Crippen LogP contribution in [0.5, 0.6) is 0 Å². The van der Waals surface area contributed by atoms with E-state index in [0.717, 1.165) is 25.7 Å². The van der Waals surface area contributed by atoms with Crippen LogP contribution < -0.4 is 4.90 Å². The van der Waals surface area contributed by atoms with Crippen molar-refractivity contribution in [1.82, 2.24) is 0 Å². The number of amides is 1. The fourth-order valence-electron chi connectivity index (χ4n) is 3.38. The van der Waals surface area contributed by atoms with Crippen LogP contribution in [0.3, 0.4) is 0 Å². The van der Waals surface area contributed by atoms with Gasteiger partial charge in [0.25, 0.3) is 0 Å². The van der Waals surface area contributed by atoms with Gasteiger partial charge in [-0.1, -0.05) is 6.92 Å². The molecular formula is C19H29NO4S. The highest BCUT2D eigenvalue weighted by Gasteiger charge is 2.31. The summed E-state index contributed by atoms with van der Waals surface area (Å²) in [5.74, 6) is 0.393.